The number of carbonyl (C=O) groups is 1. The third-order valence-corrected chi connectivity index (χ3v) is 4.77. The van der Waals surface area contributed by atoms with Gasteiger partial charge in [-0.2, -0.15) is 8.78 Å². The Morgan fingerprint density at radius 2 is 1.79 bits per heavy atom. The van der Waals surface area contributed by atoms with E-state index in [-0.39, 0.29) is 17.3 Å². The maximum atomic E-state index is 12.7. The molecular formula is C20H14F2N4O2S. The molecule has 146 valence electrons. The van der Waals surface area contributed by atoms with E-state index >= 15 is 0 Å². The lowest BCUT2D eigenvalue weighted by Crippen LogP contribution is -2.15. The Balaban J connectivity index is 1.68. The summed E-state index contributed by atoms with van der Waals surface area (Å²) in [6.45, 7) is -3.01. The number of carbonyl (C=O) groups excluding carboxylic acids is 1. The zero-order chi connectivity index (χ0) is 20.2. The first-order chi connectivity index (χ1) is 14.1. The van der Waals surface area contributed by atoms with Crippen LogP contribution in [-0.4, -0.2) is 27.3 Å². The molecule has 0 radical (unpaired) electrons. The number of thiophene rings is 1. The first-order valence-electron chi connectivity index (χ1n) is 8.53. The van der Waals surface area contributed by atoms with Crippen molar-refractivity contribution in [2.75, 3.05) is 5.32 Å². The van der Waals surface area contributed by atoms with E-state index in [2.05, 4.69) is 20.1 Å². The van der Waals surface area contributed by atoms with E-state index in [4.69, 9.17) is 0 Å². The summed E-state index contributed by atoms with van der Waals surface area (Å²) < 4.78 is 31.2. The summed E-state index contributed by atoms with van der Waals surface area (Å²) in [6.07, 6.45) is 0. The van der Waals surface area contributed by atoms with Gasteiger partial charge in [-0.1, -0.05) is 36.4 Å². The van der Waals surface area contributed by atoms with Crippen LogP contribution in [0, 0.1) is 0 Å². The molecule has 9 heteroatoms. The smallest absolute Gasteiger partial charge is 0.387 e. The summed E-state index contributed by atoms with van der Waals surface area (Å²) in [4.78, 5) is 17.9. The van der Waals surface area contributed by atoms with Gasteiger partial charge in [0, 0.05) is 0 Å². The zero-order valence-corrected chi connectivity index (χ0v) is 15.6. The van der Waals surface area contributed by atoms with Gasteiger partial charge in [0.25, 0.3) is 5.91 Å². The molecule has 0 aliphatic carbocycles. The van der Waals surface area contributed by atoms with E-state index in [0.717, 1.165) is 10.6 Å². The standard InChI is InChI=1S/C20H14F2N4O2S/c21-20(22)28-15-10-5-4-9-14(15)23-19(27)17-24-18(16-11-6-12-29-16)26(25-17)13-7-2-1-3-8-13/h1-12,20H,(H,23,27). The average molecular weight is 412 g/mol. The number of ether oxygens (including phenoxy) is 1. The van der Waals surface area contributed by atoms with Gasteiger partial charge in [-0.15, -0.1) is 16.4 Å². The molecule has 2 aromatic heterocycles. The van der Waals surface area contributed by atoms with E-state index in [1.165, 1.54) is 29.5 Å². The van der Waals surface area contributed by atoms with E-state index < -0.39 is 12.5 Å². The largest absolute Gasteiger partial charge is 0.433 e. The van der Waals surface area contributed by atoms with Crippen LogP contribution in [0.4, 0.5) is 14.5 Å². The Morgan fingerprint density at radius 1 is 1.03 bits per heavy atom. The fourth-order valence-corrected chi connectivity index (χ4v) is 3.37. The molecule has 2 aromatic carbocycles. The van der Waals surface area contributed by atoms with E-state index in [1.807, 2.05) is 47.8 Å². The second-order valence-electron chi connectivity index (χ2n) is 5.81. The Morgan fingerprint density at radius 3 is 2.52 bits per heavy atom. The van der Waals surface area contributed by atoms with Crippen molar-refractivity contribution < 1.29 is 18.3 Å². The number of aromatic nitrogens is 3. The molecule has 0 saturated heterocycles. The molecule has 0 unspecified atom stereocenters. The Labute approximate surface area is 168 Å². The molecule has 1 N–H and O–H groups in total. The minimum atomic E-state index is -3.01. The van der Waals surface area contributed by atoms with Gasteiger partial charge in [-0.25, -0.2) is 9.67 Å². The molecule has 0 aliphatic rings. The fraction of sp³-hybridized carbons (Fsp3) is 0.0500. The molecule has 6 nitrogen and oxygen atoms in total. The van der Waals surface area contributed by atoms with Crippen LogP contribution in [0.2, 0.25) is 0 Å². The predicted molar refractivity (Wildman–Crippen MR) is 106 cm³/mol. The lowest BCUT2D eigenvalue weighted by Gasteiger charge is -2.10. The van der Waals surface area contributed by atoms with Crippen LogP contribution in [0.15, 0.2) is 72.1 Å². The normalized spacial score (nSPS) is 10.9. The second kappa shape index (κ2) is 8.19. The van der Waals surface area contributed by atoms with Crippen molar-refractivity contribution in [1.29, 1.82) is 0 Å². The van der Waals surface area contributed by atoms with Crippen LogP contribution >= 0.6 is 11.3 Å². The quantitative estimate of drug-likeness (QED) is 0.492. The minimum absolute atomic E-state index is 0.0934. The number of nitrogens with one attached hydrogen (secondary N) is 1. The van der Waals surface area contributed by atoms with Gasteiger partial charge in [0.1, 0.15) is 5.75 Å². The van der Waals surface area contributed by atoms with Crippen LogP contribution in [-0.2, 0) is 0 Å². The average Bonchev–Trinajstić information content (AvgIpc) is 3.39. The number of amides is 1. The maximum Gasteiger partial charge on any atom is 0.387 e. The van der Waals surface area contributed by atoms with Crippen LogP contribution < -0.4 is 10.1 Å². The molecule has 4 rings (SSSR count). The SMILES string of the molecule is O=C(Nc1ccccc1OC(F)F)c1nc(-c2cccs2)n(-c2ccccc2)n1. The Bertz CT molecular complexity index is 1110. The Kier molecular flexibility index (Phi) is 5.30. The molecule has 0 aliphatic heterocycles. The lowest BCUT2D eigenvalue weighted by molar-refractivity contribution is -0.0493. The minimum Gasteiger partial charge on any atom is -0.433 e. The van der Waals surface area contributed by atoms with E-state index in [1.54, 1.807) is 10.7 Å². The number of para-hydroxylation sites is 3. The number of anilines is 1. The first kappa shape index (κ1) is 18.8. The van der Waals surface area contributed by atoms with Crippen LogP contribution in [0.1, 0.15) is 10.6 Å². The van der Waals surface area contributed by atoms with Crippen molar-refractivity contribution in [3.05, 3.63) is 77.9 Å². The molecule has 29 heavy (non-hydrogen) atoms. The Hall–Kier alpha value is -3.59. The van der Waals surface area contributed by atoms with Crippen molar-refractivity contribution in [1.82, 2.24) is 14.8 Å². The van der Waals surface area contributed by atoms with Gasteiger partial charge in [0.15, 0.2) is 5.82 Å². The molecule has 0 atom stereocenters. The van der Waals surface area contributed by atoms with Crippen molar-refractivity contribution >= 4 is 22.9 Å². The summed E-state index contributed by atoms with van der Waals surface area (Å²) >= 11 is 1.46. The highest BCUT2D eigenvalue weighted by Gasteiger charge is 2.21. The van der Waals surface area contributed by atoms with Gasteiger partial charge < -0.3 is 10.1 Å². The molecular weight excluding hydrogens is 398 g/mol. The molecule has 0 saturated carbocycles. The summed E-state index contributed by atoms with van der Waals surface area (Å²) in [5, 5.41) is 8.77. The summed E-state index contributed by atoms with van der Waals surface area (Å²) in [6, 6.07) is 19.0. The molecule has 1 amide bonds. The van der Waals surface area contributed by atoms with Crippen LogP contribution in [0.3, 0.4) is 0 Å². The van der Waals surface area contributed by atoms with Crippen molar-refractivity contribution in [3.8, 4) is 22.1 Å². The summed E-state index contributed by atoms with van der Waals surface area (Å²) in [5.74, 6) is -0.364. The lowest BCUT2D eigenvalue weighted by atomic mass is 10.3. The number of alkyl halides is 2. The molecule has 0 fully saturated rings. The predicted octanol–water partition coefficient (Wildman–Crippen LogP) is 4.85. The highest BCUT2D eigenvalue weighted by molar-refractivity contribution is 7.13. The first-order valence-corrected chi connectivity index (χ1v) is 9.41. The highest BCUT2D eigenvalue weighted by atomic mass is 32.1. The van der Waals surface area contributed by atoms with E-state index in [0.29, 0.717) is 5.82 Å². The van der Waals surface area contributed by atoms with Gasteiger partial charge in [-0.3, -0.25) is 4.79 Å². The van der Waals surface area contributed by atoms with Crippen molar-refractivity contribution in [2.45, 2.75) is 6.61 Å². The summed E-state index contributed by atoms with van der Waals surface area (Å²) in [5.41, 5.74) is 0.843. The maximum absolute atomic E-state index is 12.7. The zero-order valence-electron chi connectivity index (χ0n) is 14.8. The number of hydrogen-bond acceptors (Lipinski definition) is 5. The topological polar surface area (TPSA) is 69.0 Å². The third-order valence-electron chi connectivity index (χ3n) is 3.90. The number of halogens is 2. The van der Waals surface area contributed by atoms with E-state index in [9.17, 15) is 13.6 Å². The summed E-state index contributed by atoms with van der Waals surface area (Å²) in [7, 11) is 0. The van der Waals surface area contributed by atoms with Gasteiger partial charge in [0.05, 0.1) is 16.3 Å². The van der Waals surface area contributed by atoms with Crippen molar-refractivity contribution in [2.24, 2.45) is 0 Å². The molecule has 4 aromatic rings. The van der Waals surface area contributed by atoms with Gasteiger partial charge in [-0.05, 0) is 35.7 Å². The van der Waals surface area contributed by atoms with Crippen LogP contribution in [0.5, 0.6) is 5.75 Å². The molecule has 2 heterocycles. The number of nitrogens with zero attached hydrogens (tertiary/aromatic N) is 3. The highest BCUT2D eigenvalue weighted by Crippen LogP contribution is 2.28. The molecule has 0 spiro atoms. The number of rotatable bonds is 6. The second-order valence-corrected chi connectivity index (χ2v) is 6.76. The van der Waals surface area contributed by atoms with Crippen LogP contribution in [0.25, 0.3) is 16.4 Å². The van der Waals surface area contributed by atoms with Gasteiger partial charge in [0.2, 0.25) is 5.82 Å². The van der Waals surface area contributed by atoms with Crippen molar-refractivity contribution in [3.63, 3.8) is 0 Å². The van der Waals surface area contributed by atoms with Gasteiger partial charge >= 0.3 is 6.61 Å². The molecule has 0 bridgehead atoms. The third kappa shape index (κ3) is 4.14. The monoisotopic (exact) mass is 412 g/mol. The fourth-order valence-electron chi connectivity index (χ4n) is 2.67. The number of hydrogen-bond donors (Lipinski definition) is 1. The number of benzene rings is 2.